The number of pyridine rings is 1. The monoisotopic (exact) mass is 162 g/mol. The summed E-state index contributed by atoms with van der Waals surface area (Å²) in [7, 11) is 0. The van der Waals surface area contributed by atoms with Gasteiger partial charge in [0.15, 0.2) is 0 Å². The highest BCUT2D eigenvalue weighted by molar-refractivity contribution is 5.46. The van der Waals surface area contributed by atoms with Gasteiger partial charge in [-0.05, 0) is 44.2 Å². The Balaban J connectivity index is 2.49. The standard InChI is InChI=1S/C10H14N2/c1-7-9(11)6-8-4-2-3-5-10(8)12-7/h6H,2-5,11H2,1H3. The smallest absolute Gasteiger partial charge is 0.0605 e. The number of aryl methyl sites for hydroxylation is 3. The van der Waals surface area contributed by atoms with Gasteiger partial charge in [0.05, 0.1) is 11.4 Å². The summed E-state index contributed by atoms with van der Waals surface area (Å²) in [5.74, 6) is 0. The van der Waals surface area contributed by atoms with Crippen molar-refractivity contribution in [2.75, 3.05) is 5.73 Å². The number of nitrogens with two attached hydrogens (primary N) is 1. The minimum atomic E-state index is 0.843. The summed E-state index contributed by atoms with van der Waals surface area (Å²) in [5.41, 5.74) is 10.2. The molecule has 0 atom stereocenters. The fourth-order valence-corrected chi connectivity index (χ4v) is 1.76. The largest absolute Gasteiger partial charge is 0.397 e. The molecule has 2 rings (SSSR count). The van der Waals surface area contributed by atoms with Crippen LogP contribution in [0.15, 0.2) is 6.07 Å². The third kappa shape index (κ3) is 1.17. The van der Waals surface area contributed by atoms with E-state index in [1.807, 2.05) is 6.92 Å². The highest BCUT2D eigenvalue weighted by Crippen LogP contribution is 2.22. The van der Waals surface area contributed by atoms with Gasteiger partial charge in [0, 0.05) is 5.69 Å². The first-order valence-electron chi connectivity index (χ1n) is 4.52. The van der Waals surface area contributed by atoms with E-state index in [1.165, 1.54) is 24.1 Å². The van der Waals surface area contributed by atoms with Gasteiger partial charge in [-0.15, -0.1) is 0 Å². The third-order valence-corrected chi connectivity index (χ3v) is 2.53. The molecule has 1 aromatic rings. The van der Waals surface area contributed by atoms with Crippen LogP contribution in [0.25, 0.3) is 0 Å². The first-order chi connectivity index (χ1) is 5.77. The molecule has 0 radical (unpaired) electrons. The lowest BCUT2D eigenvalue weighted by atomic mass is 9.95. The van der Waals surface area contributed by atoms with Gasteiger partial charge < -0.3 is 5.73 Å². The maximum absolute atomic E-state index is 5.78. The molecular formula is C10H14N2. The second kappa shape index (κ2) is 2.77. The molecule has 1 heterocycles. The fraction of sp³-hybridized carbons (Fsp3) is 0.500. The zero-order valence-electron chi connectivity index (χ0n) is 7.43. The third-order valence-electron chi connectivity index (χ3n) is 2.53. The van der Waals surface area contributed by atoms with E-state index < -0.39 is 0 Å². The van der Waals surface area contributed by atoms with Crippen LogP contribution < -0.4 is 5.73 Å². The highest BCUT2D eigenvalue weighted by atomic mass is 14.8. The lowest BCUT2D eigenvalue weighted by Gasteiger charge is -2.15. The Morgan fingerprint density at radius 1 is 1.33 bits per heavy atom. The molecule has 0 amide bonds. The molecule has 2 nitrogen and oxygen atoms in total. The Hall–Kier alpha value is -1.05. The van der Waals surface area contributed by atoms with E-state index in [0.29, 0.717) is 0 Å². The van der Waals surface area contributed by atoms with Gasteiger partial charge in [-0.1, -0.05) is 0 Å². The highest BCUT2D eigenvalue weighted by Gasteiger charge is 2.11. The minimum Gasteiger partial charge on any atom is -0.397 e. The number of aromatic nitrogens is 1. The van der Waals surface area contributed by atoms with Crippen molar-refractivity contribution in [3.05, 3.63) is 23.0 Å². The zero-order chi connectivity index (χ0) is 8.55. The maximum atomic E-state index is 5.78. The number of hydrogen-bond donors (Lipinski definition) is 1. The van der Waals surface area contributed by atoms with Gasteiger partial charge in [0.2, 0.25) is 0 Å². The van der Waals surface area contributed by atoms with Crippen LogP contribution in [0.4, 0.5) is 5.69 Å². The van der Waals surface area contributed by atoms with Crippen molar-refractivity contribution in [1.29, 1.82) is 0 Å². The minimum absolute atomic E-state index is 0.843. The molecule has 0 fully saturated rings. The average Bonchev–Trinajstić information content (AvgIpc) is 2.07. The van der Waals surface area contributed by atoms with Gasteiger partial charge in [-0.25, -0.2) is 0 Å². The van der Waals surface area contributed by atoms with Crippen molar-refractivity contribution in [3.8, 4) is 0 Å². The van der Waals surface area contributed by atoms with E-state index in [0.717, 1.165) is 24.2 Å². The first-order valence-corrected chi connectivity index (χ1v) is 4.52. The fourth-order valence-electron chi connectivity index (χ4n) is 1.76. The summed E-state index contributed by atoms with van der Waals surface area (Å²) < 4.78 is 0. The summed E-state index contributed by atoms with van der Waals surface area (Å²) in [6, 6.07) is 2.09. The van der Waals surface area contributed by atoms with Crippen molar-refractivity contribution in [3.63, 3.8) is 0 Å². The molecule has 1 aliphatic carbocycles. The molecule has 0 bridgehead atoms. The zero-order valence-corrected chi connectivity index (χ0v) is 7.43. The van der Waals surface area contributed by atoms with E-state index >= 15 is 0 Å². The normalized spacial score (nSPS) is 15.8. The lowest BCUT2D eigenvalue weighted by molar-refractivity contribution is 0.666. The molecule has 0 aliphatic heterocycles. The van der Waals surface area contributed by atoms with Gasteiger partial charge >= 0.3 is 0 Å². The first kappa shape index (κ1) is 7.59. The van der Waals surface area contributed by atoms with Crippen LogP contribution in [0.1, 0.15) is 29.8 Å². The van der Waals surface area contributed by atoms with E-state index in [9.17, 15) is 0 Å². The molecule has 2 heteroatoms. The molecule has 0 aromatic carbocycles. The van der Waals surface area contributed by atoms with Gasteiger partial charge in [0.1, 0.15) is 0 Å². The maximum Gasteiger partial charge on any atom is 0.0605 e. The number of rotatable bonds is 0. The number of fused-ring (bicyclic) bond motifs is 1. The molecule has 0 unspecified atom stereocenters. The molecule has 0 saturated heterocycles. The summed E-state index contributed by atoms with van der Waals surface area (Å²) in [5, 5.41) is 0. The van der Waals surface area contributed by atoms with E-state index in [2.05, 4.69) is 11.1 Å². The van der Waals surface area contributed by atoms with Gasteiger partial charge in [0.25, 0.3) is 0 Å². The van der Waals surface area contributed by atoms with Crippen LogP contribution in [0, 0.1) is 6.92 Å². The lowest BCUT2D eigenvalue weighted by Crippen LogP contribution is -2.08. The Kier molecular flexibility index (Phi) is 1.75. The Morgan fingerprint density at radius 3 is 2.92 bits per heavy atom. The summed E-state index contributed by atoms with van der Waals surface area (Å²) in [6.07, 6.45) is 4.86. The van der Waals surface area contributed by atoms with Crippen LogP contribution in [-0.4, -0.2) is 4.98 Å². The summed E-state index contributed by atoms with van der Waals surface area (Å²) in [6.45, 7) is 1.98. The summed E-state index contributed by atoms with van der Waals surface area (Å²) in [4.78, 5) is 4.49. The average molecular weight is 162 g/mol. The SMILES string of the molecule is Cc1nc2c(cc1N)CCCC2. The Morgan fingerprint density at radius 2 is 2.08 bits per heavy atom. The molecule has 1 aliphatic rings. The van der Waals surface area contributed by atoms with Crippen molar-refractivity contribution >= 4 is 5.69 Å². The van der Waals surface area contributed by atoms with Crippen LogP contribution >= 0.6 is 0 Å². The van der Waals surface area contributed by atoms with Crippen LogP contribution in [0.3, 0.4) is 0 Å². The predicted molar refractivity (Wildman–Crippen MR) is 50.0 cm³/mol. The van der Waals surface area contributed by atoms with E-state index in [-0.39, 0.29) is 0 Å². The van der Waals surface area contributed by atoms with Gasteiger partial charge in [-0.2, -0.15) is 0 Å². The van der Waals surface area contributed by atoms with Crippen molar-refractivity contribution in [1.82, 2.24) is 4.98 Å². The Labute approximate surface area is 72.8 Å². The van der Waals surface area contributed by atoms with E-state index in [4.69, 9.17) is 5.73 Å². The van der Waals surface area contributed by atoms with Crippen molar-refractivity contribution in [2.24, 2.45) is 0 Å². The van der Waals surface area contributed by atoms with Crippen LogP contribution in [0.5, 0.6) is 0 Å². The van der Waals surface area contributed by atoms with Gasteiger partial charge in [-0.3, -0.25) is 4.98 Å². The molecule has 2 N–H and O–H groups in total. The van der Waals surface area contributed by atoms with Crippen molar-refractivity contribution in [2.45, 2.75) is 32.6 Å². The second-order valence-corrected chi connectivity index (χ2v) is 3.48. The molecule has 0 saturated carbocycles. The van der Waals surface area contributed by atoms with E-state index in [1.54, 1.807) is 0 Å². The molecule has 12 heavy (non-hydrogen) atoms. The molecule has 0 spiro atoms. The quantitative estimate of drug-likeness (QED) is 0.632. The topological polar surface area (TPSA) is 38.9 Å². The molecule has 1 aromatic heterocycles. The molecule has 64 valence electrons. The summed E-state index contributed by atoms with van der Waals surface area (Å²) >= 11 is 0. The van der Waals surface area contributed by atoms with Crippen LogP contribution in [-0.2, 0) is 12.8 Å². The number of nitrogen functional groups attached to an aromatic ring is 1. The number of hydrogen-bond acceptors (Lipinski definition) is 2. The second-order valence-electron chi connectivity index (χ2n) is 3.48. The molecular weight excluding hydrogens is 148 g/mol. The number of anilines is 1. The van der Waals surface area contributed by atoms with Crippen LogP contribution in [0.2, 0.25) is 0 Å². The number of nitrogens with zero attached hydrogens (tertiary/aromatic N) is 1. The van der Waals surface area contributed by atoms with Crippen molar-refractivity contribution < 1.29 is 0 Å². The Bertz CT molecular complexity index is 274. The predicted octanol–water partition coefficient (Wildman–Crippen LogP) is 1.85.